The number of fused-ring (bicyclic) bond motifs is 1. The van der Waals surface area contributed by atoms with E-state index in [0.717, 1.165) is 10.6 Å². The number of halogens is 1. The van der Waals surface area contributed by atoms with Gasteiger partial charge < -0.3 is 14.2 Å². The molecule has 1 fully saturated rings. The normalized spacial score (nSPS) is 23.2. The molecule has 156 valence electrons. The van der Waals surface area contributed by atoms with Crippen LogP contribution in [0.5, 0.6) is 5.75 Å². The molecule has 0 aromatic heterocycles. The lowest BCUT2D eigenvalue weighted by Crippen LogP contribution is -2.42. The minimum Gasteiger partial charge on any atom is -0.467 e. The van der Waals surface area contributed by atoms with Gasteiger partial charge in [0.25, 0.3) is 0 Å². The molecule has 0 radical (unpaired) electrons. The van der Waals surface area contributed by atoms with Crippen molar-refractivity contribution in [1.82, 2.24) is 5.01 Å². The highest BCUT2D eigenvalue weighted by Gasteiger charge is 2.37. The van der Waals surface area contributed by atoms with E-state index in [-0.39, 0.29) is 49.4 Å². The quantitative estimate of drug-likeness (QED) is 0.648. The molecule has 1 amide bonds. The van der Waals surface area contributed by atoms with Crippen LogP contribution < -0.4 is 4.74 Å². The minimum atomic E-state index is -3.18. The standard InChI is InChI=1S/C18H19ClN2O7S/c19-13-5-11-7-26-10-28-17(11)12(6-13)8-27-18(23)15-1-2-16(22)21(20-15)14-3-4-29(24,25)9-14/h5-6,14H,1-4,7-10H2/t14-/m0/s1. The molecule has 11 heteroatoms. The number of sulfone groups is 1. The van der Waals surface area contributed by atoms with E-state index >= 15 is 0 Å². The summed E-state index contributed by atoms with van der Waals surface area (Å²) in [5, 5.41) is 5.71. The van der Waals surface area contributed by atoms with Crippen LogP contribution in [-0.4, -0.2) is 55.4 Å². The zero-order valence-electron chi connectivity index (χ0n) is 15.4. The number of carbonyl (C=O) groups excluding carboxylic acids is 2. The number of hydrogen-bond donors (Lipinski definition) is 0. The smallest absolute Gasteiger partial charge is 0.354 e. The Morgan fingerprint density at radius 1 is 1.34 bits per heavy atom. The number of esters is 1. The predicted molar refractivity (Wildman–Crippen MR) is 102 cm³/mol. The lowest BCUT2D eigenvalue weighted by Gasteiger charge is -2.27. The Balaban J connectivity index is 1.47. The Kier molecular flexibility index (Phi) is 5.50. The SMILES string of the molecule is O=C(OCc1cc(Cl)cc2c1OCOC2)C1=NN([C@H]2CCS(=O)(=O)C2)C(=O)CC1. The zero-order valence-corrected chi connectivity index (χ0v) is 17.0. The molecule has 4 rings (SSSR count). The molecule has 0 spiro atoms. The second-order valence-corrected chi connectivity index (χ2v) is 9.75. The van der Waals surface area contributed by atoms with Crippen molar-refractivity contribution in [3.05, 3.63) is 28.3 Å². The van der Waals surface area contributed by atoms with E-state index in [1.807, 2.05) is 0 Å². The van der Waals surface area contributed by atoms with Gasteiger partial charge >= 0.3 is 5.97 Å². The summed E-state index contributed by atoms with van der Waals surface area (Å²) < 4.78 is 39.5. The summed E-state index contributed by atoms with van der Waals surface area (Å²) in [6.45, 7) is 0.376. The van der Waals surface area contributed by atoms with Gasteiger partial charge in [0.15, 0.2) is 16.6 Å². The van der Waals surface area contributed by atoms with Crippen molar-refractivity contribution in [2.24, 2.45) is 5.10 Å². The molecule has 0 saturated carbocycles. The number of carbonyl (C=O) groups is 2. The zero-order chi connectivity index (χ0) is 20.6. The number of hydrazone groups is 1. The largest absolute Gasteiger partial charge is 0.467 e. The van der Waals surface area contributed by atoms with Gasteiger partial charge in [-0.1, -0.05) is 11.6 Å². The van der Waals surface area contributed by atoms with E-state index in [4.69, 9.17) is 25.8 Å². The fourth-order valence-electron chi connectivity index (χ4n) is 3.56. The van der Waals surface area contributed by atoms with Crippen LogP contribution in [0.2, 0.25) is 5.02 Å². The van der Waals surface area contributed by atoms with Crippen molar-refractivity contribution in [1.29, 1.82) is 0 Å². The van der Waals surface area contributed by atoms with E-state index in [1.54, 1.807) is 12.1 Å². The van der Waals surface area contributed by atoms with E-state index < -0.39 is 21.8 Å². The van der Waals surface area contributed by atoms with Gasteiger partial charge in [-0.05, 0) is 18.6 Å². The number of ether oxygens (including phenoxy) is 3. The average Bonchev–Trinajstić information content (AvgIpc) is 3.05. The van der Waals surface area contributed by atoms with Gasteiger partial charge in [-0.15, -0.1) is 0 Å². The Labute approximate surface area is 172 Å². The second-order valence-electron chi connectivity index (χ2n) is 7.08. The Morgan fingerprint density at radius 3 is 2.93 bits per heavy atom. The van der Waals surface area contributed by atoms with Crippen molar-refractivity contribution in [3.8, 4) is 5.75 Å². The van der Waals surface area contributed by atoms with Crippen LogP contribution >= 0.6 is 11.6 Å². The summed E-state index contributed by atoms with van der Waals surface area (Å²) in [6.07, 6.45) is 0.539. The van der Waals surface area contributed by atoms with Gasteiger partial charge in [0.05, 0.1) is 24.2 Å². The van der Waals surface area contributed by atoms with Crippen molar-refractivity contribution in [2.75, 3.05) is 18.3 Å². The molecule has 3 aliphatic rings. The monoisotopic (exact) mass is 442 g/mol. The number of amides is 1. The first kappa shape index (κ1) is 20.1. The summed E-state index contributed by atoms with van der Waals surface area (Å²) in [7, 11) is -3.18. The number of rotatable bonds is 4. The molecule has 1 saturated heterocycles. The number of hydrogen-bond acceptors (Lipinski definition) is 8. The molecular formula is C18H19ClN2O7S. The molecule has 1 atom stereocenters. The van der Waals surface area contributed by atoms with Crippen molar-refractivity contribution in [3.63, 3.8) is 0 Å². The Hall–Kier alpha value is -2.17. The molecule has 1 aromatic rings. The van der Waals surface area contributed by atoms with Gasteiger partial charge in [0.2, 0.25) is 5.91 Å². The first-order chi connectivity index (χ1) is 13.8. The molecule has 0 unspecified atom stereocenters. The van der Waals surface area contributed by atoms with Crippen molar-refractivity contribution in [2.45, 2.75) is 38.5 Å². The van der Waals surface area contributed by atoms with E-state index in [1.165, 1.54) is 0 Å². The second kappa shape index (κ2) is 7.92. The number of benzene rings is 1. The maximum Gasteiger partial charge on any atom is 0.354 e. The average molecular weight is 443 g/mol. The van der Waals surface area contributed by atoms with Gasteiger partial charge in [-0.25, -0.2) is 18.2 Å². The van der Waals surface area contributed by atoms with Crippen molar-refractivity contribution < 1.29 is 32.2 Å². The molecule has 0 aliphatic carbocycles. The Morgan fingerprint density at radius 2 is 2.17 bits per heavy atom. The molecule has 29 heavy (non-hydrogen) atoms. The maximum atomic E-state index is 12.5. The van der Waals surface area contributed by atoms with Crippen LogP contribution in [0.1, 0.15) is 30.4 Å². The molecule has 3 aliphatic heterocycles. The van der Waals surface area contributed by atoms with Gasteiger partial charge in [0, 0.05) is 29.0 Å². The molecule has 0 bridgehead atoms. The first-order valence-corrected chi connectivity index (χ1v) is 11.3. The maximum absolute atomic E-state index is 12.5. The highest BCUT2D eigenvalue weighted by molar-refractivity contribution is 7.91. The van der Waals surface area contributed by atoms with Crippen LogP contribution in [0.3, 0.4) is 0 Å². The van der Waals surface area contributed by atoms with E-state index in [9.17, 15) is 18.0 Å². The fraction of sp³-hybridized carbons (Fsp3) is 0.500. The lowest BCUT2D eigenvalue weighted by molar-refractivity contribution is -0.138. The van der Waals surface area contributed by atoms with Gasteiger partial charge in [0.1, 0.15) is 18.1 Å². The number of nitrogens with zero attached hydrogens (tertiary/aromatic N) is 2. The third-order valence-corrected chi connectivity index (χ3v) is 6.93. The summed E-state index contributed by atoms with van der Waals surface area (Å²) in [6, 6.07) is 2.84. The van der Waals surface area contributed by atoms with Gasteiger partial charge in [-0.2, -0.15) is 5.10 Å². The van der Waals surface area contributed by atoms with Gasteiger partial charge in [-0.3, -0.25) is 4.79 Å². The highest BCUT2D eigenvalue weighted by Crippen LogP contribution is 2.32. The summed E-state index contributed by atoms with van der Waals surface area (Å²) in [5.41, 5.74) is 1.47. The predicted octanol–water partition coefficient (Wildman–Crippen LogP) is 1.42. The molecule has 9 nitrogen and oxygen atoms in total. The van der Waals surface area contributed by atoms with Crippen molar-refractivity contribution >= 4 is 39.0 Å². The third kappa shape index (κ3) is 4.39. The first-order valence-electron chi connectivity index (χ1n) is 9.11. The van der Waals surface area contributed by atoms with Crippen LogP contribution in [-0.2, 0) is 42.1 Å². The summed E-state index contributed by atoms with van der Waals surface area (Å²) in [4.78, 5) is 24.7. The molecule has 0 N–H and O–H groups in total. The lowest BCUT2D eigenvalue weighted by atomic mass is 10.1. The third-order valence-electron chi connectivity index (χ3n) is 4.96. The van der Waals surface area contributed by atoms with E-state index in [0.29, 0.717) is 29.4 Å². The summed E-state index contributed by atoms with van der Waals surface area (Å²) >= 11 is 6.11. The fourth-order valence-corrected chi connectivity index (χ4v) is 5.52. The molecule has 3 heterocycles. The highest BCUT2D eigenvalue weighted by atomic mass is 35.5. The molecule has 1 aromatic carbocycles. The van der Waals surface area contributed by atoms with E-state index in [2.05, 4.69) is 5.10 Å². The minimum absolute atomic E-state index is 0.0142. The van der Waals surface area contributed by atoms with Crippen LogP contribution in [0.25, 0.3) is 0 Å². The topological polar surface area (TPSA) is 112 Å². The molecular weight excluding hydrogens is 424 g/mol. The summed E-state index contributed by atoms with van der Waals surface area (Å²) in [5.74, 6) is -0.504. The van der Waals surface area contributed by atoms with Crippen LogP contribution in [0, 0.1) is 0 Å². The Bertz CT molecular complexity index is 992. The van der Waals surface area contributed by atoms with Crippen LogP contribution in [0.15, 0.2) is 17.2 Å². The van der Waals surface area contributed by atoms with Crippen LogP contribution in [0.4, 0.5) is 0 Å².